The SMILES string of the molecule is CC(C)C(=O)NCCNC(=O)Nc1ccc(F)cc1F. The van der Waals surface area contributed by atoms with Crippen molar-refractivity contribution in [3.05, 3.63) is 29.8 Å². The molecule has 5 nitrogen and oxygen atoms in total. The Hall–Kier alpha value is -2.18. The van der Waals surface area contributed by atoms with Crippen molar-refractivity contribution < 1.29 is 18.4 Å². The highest BCUT2D eigenvalue weighted by molar-refractivity contribution is 5.89. The molecule has 0 spiro atoms. The molecule has 0 bridgehead atoms. The Morgan fingerprint density at radius 2 is 1.80 bits per heavy atom. The average Bonchev–Trinajstić information content (AvgIpc) is 2.37. The summed E-state index contributed by atoms with van der Waals surface area (Å²) in [6.07, 6.45) is 0. The number of nitrogens with one attached hydrogen (secondary N) is 3. The minimum atomic E-state index is -0.853. The second-order valence-corrected chi connectivity index (χ2v) is 4.45. The fourth-order valence-electron chi connectivity index (χ4n) is 1.32. The van der Waals surface area contributed by atoms with Crippen LogP contribution in [0.2, 0.25) is 0 Å². The summed E-state index contributed by atoms with van der Waals surface area (Å²) in [6, 6.07) is 2.22. The molecule has 0 aliphatic carbocycles. The lowest BCUT2D eigenvalue weighted by Crippen LogP contribution is -2.38. The van der Waals surface area contributed by atoms with E-state index in [2.05, 4.69) is 16.0 Å². The van der Waals surface area contributed by atoms with E-state index in [0.717, 1.165) is 12.1 Å². The Labute approximate surface area is 115 Å². The van der Waals surface area contributed by atoms with E-state index in [9.17, 15) is 18.4 Å². The van der Waals surface area contributed by atoms with Crippen LogP contribution in [-0.2, 0) is 4.79 Å². The first kappa shape index (κ1) is 15.9. The van der Waals surface area contributed by atoms with Crippen LogP contribution in [0.3, 0.4) is 0 Å². The van der Waals surface area contributed by atoms with Gasteiger partial charge in [-0.1, -0.05) is 13.8 Å². The normalized spacial score (nSPS) is 10.2. The number of carbonyl (C=O) groups excluding carboxylic acids is 2. The van der Waals surface area contributed by atoms with Crippen LogP contribution in [0, 0.1) is 17.6 Å². The fraction of sp³-hybridized carbons (Fsp3) is 0.385. The Morgan fingerprint density at radius 1 is 1.15 bits per heavy atom. The monoisotopic (exact) mass is 285 g/mol. The third-order valence-corrected chi connectivity index (χ3v) is 2.41. The number of benzene rings is 1. The zero-order valence-electron chi connectivity index (χ0n) is 11.3. The van der Waals surface area contributed by atoms with Gasteiger partial charge in [-0.3, -0.25) is 4.79 Å². The topological polar surface area (TPSA) is 70.2 Å². The number of anilines is 1. The lowest BCUT2D eigenvalue weighted by Gasteiger charge is -2.10. The molecule has 0 aromatic heterocycles. The first-order valence-electron chi connectivity index (χ1n) is 6.17. The van der Waals surface area contributed by atoms with E-state index in [-0.39, 0.29) is 30.6 Å². The van der Waals surface area contributed by atoms with Gasteiger partial charge in [0, 0.05) is 25.1 Å². The van der Waals surface area contributed by atoms with Crippen molar-refractivity contribution in [2.75, 3.05) is 18.4 Å². The molecule has 20 heavy (non-hydrogen) atoms. The third-order valence-electron chi connectivity index (χ3n) is 2.41. The van der Waals surface area contributed by atoms with Crippen LogP contribution in [0.5, 0.6) is 0 Å². The molecule has 0 heterocycles. The number of urea groups is 1. The van der Waals surface area contributed by atoms with E-state index in [1.807, 2.05) is 0 Å². The summed E-state index contributed by atoms with van der Waals surface area (Å²) < 4.78 is 25.9. The van der Waals surface area contributed by atoms with Crippen LogP contribution < -0.4 is 16.0 Å². The molecule has 0 fully saturated rings. The van der Waals surface area contributed by atoms with Gasteiger partial charge in [0.25, 0.3) is 0 Å². The highest BCUT2D eigenvalue weighted by atomic mass is 19.1. The lowest BCUT2D eigenvalue weighted by molar-refractivity contribution is -0.123. The molecule has 1 aromatic carbocycles. The van der Waals surface area contributed by atoms with Crippen LogP contribution in [0.15, 0.2) is 18.2 Å². The molecular formula is C13H17F2N3O2. The summed E-state index contributed by atoms with van der Waals surface area (Å²) >= 11 is 0. The van der Waals surface area contributed by atoms with Crippen molar-refractivity contribution in [2.45, 2.75) is 13.8 Å². The number of carbonyl (C=O) groups is 2. The van der Waals surface area contributed by atoms with Crippen LogP contribution in [-0.4, -0.2) is 25.0 Å². The maximum atomic E-state index is 13.3. The molecule has 0 unspecified atom stereocenters. The second-order valence-electron chi connectivity index (χ2n) is 4.45. The number of hydrogen-bond acceptors (Lipinski definition) is 2. The molecule has 3 amide bonds. The van der Waals surface area contributed by atoms with Gasteiger partial charge in [-0.15, -0.1) is 0 Å². The van der Waals surface area contributed by atoms with Gasteiger partial charge in [-0.05, 0) is 12.1 Å². The van der Waals surface area contributed by atoms with E-state index < -0.39 is 17.7 Å². The standard InChI is InChI=1S/C13H17F2N3O2/c1-8(2)12(19)16-5-6-17-13(20)18-11-4-3-9(14)7-10(11)15/h3-4,7-8H,5-6H2,1-2H3,(H,16,19)(H2,17,18,20). The molecule has 0 saturated carbocycles. The van der Waals surface area contributed by atoms with Gasteiger partial charge >= 0.3 is 6.03 Å². The molecule has 3 N–H and O–H groups in total. The summed E-state index contributed by atoms with van der Waals surface area (Å²) in [5, 5.41) is 7.30. The van der Waals surface area contributed by atoms with E-state index in [0.29, 0.717) is 6.07 Å². The van der Waals surface area contributed by atoms with Crippen LogP contribution in [0.1, 0.15) is 13.8 Å². The van der Waals surface area contributed by atoms with Crippen molar-refractivity contribution in [1.82, 2.24) is 10.6 Å². The molecule has 0 aliphatic rings. The second kappa shape index (κ2) is 7.42. The number of rotatable bonds is 5. The van der Waals surface area contributed by atoms with Gasteiger partial charge < -0.3 is 16.0 Å². The highest BCUT2D eigenvalue weighted by Gasteiger charge is 2.08. The molecule has 0 saturated heterocycles. The first-order valence-corrected chi connectivity index (χ1v) is 6.17. The first-order chi connectivity index (χ1) is 9.40. The number of hydrogen-bond donors (Lipinski definition) is 3. The molecule has 0 radical (unpaired) electrons. The van der Waals surface area contributed by atoms with Gasteiger partial charge in [-0.2, -0.15) is 0 Å². The minimum Gasteiger partial charge on any atom is -0.354 e. The van der Waals surface area contributed by atoms with Crippen molar-refractivity contribution in [1.29, 1.82) is 0 Å². The maximum absolute atomic E-state index is 13.3. The summed E-state index contributed by atoms with van der Waals surface area (Å²) in [7, 11) is 0. The Kier molecular flexibility index (Phi) is 5.89. The quantitative estimate of drug-likeness (QED) is 0.723. The molecule has 1 rings (SSSR count). The number of halogens is 2. The Balaban J connectivity index is 2.32. The van der Waals surface area contributed by atoms with E-state index in [1.165, 1.54) is 0 Å². The summed E-state index contributed by atoms with van der Waals surface area (Å²) in [5.74, 6) is -1.81. The predicted molar refractivity (Wildman–Crippen MR) is 71.2 cm³/mol. The smallest absolute Gasteiger partial charge is 0.319 e. The van der Waals surface area contributed by atoms with E-state index in [1.54, 1.807) is 13.8 Å². The van der Waals surface area contributed by atoms with Gasteiger partial charge in [0.05, 0.1) is 5.69 Å². The van der Waals surface area contributed by atoms with Crippen molar-refractivity contribution in [2.24, 2.45) is 5.92 Å². The van der Waals surface area contributed by atoms with Crippen LogP contribution >= 0.6 is 0 Å². The fourth-order valence-corrected chi connectivity index (χ4v) is 1.32. The zero-order valence-corrected chi connectivity index (χ0v) is 11.3. The van der Waals surface area contributed by atoms with E-state index in [4.69, 9.17) is 0 Å². The Morgan fingerprint density at radius 3 is 2.40 bits per heavy atom. The summed E-state index contributed by atoms with van der Waals surface area (Å²) in [4.78, 5) is 22.7. The van der Waals surface area contributed by atoms with Gasteiger partial charge in [0.1, 0.15) is 11.6 Å². The van der Waals surface area contributed by atoms with Crippen molar-refractivity contribution >= 4 is 17.6 Å². The predicted octanol–water partition coefficient (Wildman–Crippen LogP) is 1.86. The van der Waals surface area contributed by atoms with Crippen LogP contribution in [0.4, 0.5) is 19.3 Å². The molecule has 7 heteroatoms. The van der Waals surface area contributed by atoms with Crippen molar-refractivity contribution in [3.8, 4) is 0 Å². The maximum Gasteiger partial charge on any atom is 0.319 e. The summed E-state index contributed by atoms with van der Waals surface area (Å²) in [5.41, 5.74) is -0.116. The molecule has 110 valence electrons. The molecule has 0 atom stereocenters. The van der Waals surface area contributed by atoms with Gasteiger partial charge in [0.2, 0.25) is 5.91 Å². The van der Waals surface area contributed by atoms with Gasteiger partial charge in [-0.25, -0.2) is 13.6 Å². The van der Waals surface area contributed by atoms with E-state index >= 15 is 0 Å². The van der Waals surface area contributed by atoms with Crippen molar-refractivity contribution in [3.63, 3.8) is 0 Å². The summed E-state index contributed by atoms with van der Waals surface area (Å²) in [6.45, 7) is 3.99. The lowest BCUT2D eigenvalue weighted by atomic mass is 10.2. The molecule has 1 aromatic rings. The zero-order chi connectivity index (χ0) is 15.1. The average molecular weight is 285 g/mol. The third kappa shape index (κ3) is 5.21. The Bertz CT molecular complexity index is 493. The minimum absolute atomic E-state index is 0.114. The largest absolute Gasteiger partial charge is 0.354 e. The highest BCUT2D eigenvalue weighted by Crippen LogP contribution is 2.14. The number of amides is 3. The molecular weight excluding hydrogens is 268 g/mol. The molecule has 0 aliphatic heterocycles. The van der Waals surface area contributed by atoms with Gasteiger partial charge in [0.15, 0.2) is 0 Å². The van der Waals surface area contributed by atoms with Crippen LogP contribution in [0.25, 0.3) is 0 Å².